The van der Waals surface area contributed by atoms with E-state index in [0.717, 1.165) is 16.0 Å². The van der Waals surface area contributed by atoms with E-state index in [0.29, 0.717) is 0 Å². The molecule has 0 aromatic heterocycles. The van der Waals surface area contributed by atoms with Gasteiger partial charge in [-0.2, -0.15) is 0 Å². The van der Waals surface area contributed by atoms with Crippen LogP contribution in [0.15, 0.2) is 59.5 Å². The van der Waals surface area contributed by atoms with E-state index in [9.17, 15) is 9.59 Å². The number of nitrogens with one attached hydrogen (secondary N) is 1. The van der Waals surface area contributed by atoms with Crippen LogP contribution in [0.3, 0.4) is 0 Å². The van der Waals surface area contributed by atoms with Crippen molar-refractivity contribution in [2.45, 2.75) is 30.2 Å². The van der Waals surface area contributed by atoms with Crippen molar-refractivity contribution in [3.63, 3.8) is 0 Å². The molecule has 2 atom stereocenters. The van der Waals surface area contributed by atoms with Crippen molar-refractivity contribution < 1.29 is 14.7 Å². The molecule has 5 heteroatoms. The molecule has 4 nitrogen and oxygen atoms in total. The summed E-state index contributed by atoms with van der Waals surface area (Å²) in [6.45, 7) is 1.82. The molecule has 2 N–H and O–H groups in total. The number of carboxylic acid groups (broad SMARTS) is 1. The van der Waals surface area contributed by atoms with Crippen molar-refractivity contribution >= 4 is 23.6 Å². The van der Waals surface area contributed by atoms with Crippen LogP contribution in [0, 0.1) is 0 Å². The molecule has 0 aliphatic heterocycles. The number of aliphatic carboxylic acids is 1. The van der Waals surface area contributed by atoms with Gasteiger partial charge in [0.15, 0.2) is 0 Å². The molecule has 24 heavy (non-hydrogen) atoms. The second-order valence-corrected chi connectivity index (χ2v) is 6.44. The SMILES string of the molecule is CSc1ccc(C(CC(=O)O)NC(=O)[C@@H](C)c2ccccc2)cc1. The van der Waals surface area contributed by atoms with Crippen LogP contribution < -0.4 is 5.32 Å². The zero-order valence-electron chi connectivity index (χ0n) is 13.7. The summed E-state index contributed by atoms with van der Waals surface area (Å²) >= 11 is 1.62. The fourth-order valence-electron chi connectivity index (χ4n) is 2.45. The maximum Gasteiger partial charge on any atom is 0.305 e. The fourth-order valence-corrected chi connectivity index (χ4v) is 2.86. The number of carbonyl (C=O) groups is 2. The molecule has 2 aromatic rings. The van der Waals surface area contributed by atoms with E-state index in [4.69, 9.17) is 5.11 Å². The van der Waals surface area contributed by atoms with E-state index in [1.54, 1.807) is 11.8 Å². The molecule has 0 saturated carbocycles. The Morgan fingerprint density at radius 2 is 1.67 bits per heavy atom. The molecular formula is C19H21NO3S. The Labute approximate surface area is 146 Å². The van der Waals surface area contributed by atoms with Gasteiger partial charge in [0.2, 0.25) is 5.91 Å². The maximum absolute atomic E-state index is 12.5. The summed E-state index contributed by atoms with van der Waals surface area (Å²) in [5, 5.41) is 12.0. The highest BCUT2D eigenvalue weighted by molar-refractivity contribution is 7.98. The molecule has 126 valence electrons. The first kappa shape index (κ1) is 18.1. The molecule has 0 fully saturated rings. The number of hydrogen-bond acceptors (Lipinski definition) is 3. The minimum atomic E-state index is -0.943. The number of carbonyl (C=O) groups excluding carboxylic acids is 1. The molecule has 0 aliphatic rings. The summed E-state index contributed by atoms with van der Waals surface area (Å²) < 4.78 is 0. The smallest absolute Gasteiger partial charge is 0.305 e. The summed E-state index contributed by atoms with van der Waals surface area (Å²) in [6.07, 6.45) is 1.83. The quantitative estimate of drug-likeness (QED) is 0.750. The van der Waals surface area contributed by atoms with E-state index in [-0.39, 0.29) is 18.2 Å². The van der Waals surface area contributed by atoms with Gasteiger partial charge in [-0.25, -0.2) is 0 Å². The highest BCUT2D eigenvalue weighted by Gasteiger charge is 2.22. The van der Waals surface area contributed by atoms with Gasteiger partial charge in [-0.3, -0.25) is 9.59 Å². The van der Waals surface area contributed by atoms with Gasteiger partial charge < -0.3 is 10.4 Å². The summed E-state index contributed by atoms with van der Waals surface area (Å²) in [5.41, 5.74) is 1.70. The third-order valence-corrected chi connectivity index (χ3v) is 4.65. The summed E-state index contributed by atoms with van der Waals surface area (Å²) in [4.78, 5) is 24.8. The fraction of sp³-hybridized carbons (Fsp3) is 0.263. The lowest BCUT2D eigenvalue weighted by molar-refractivity contribution is -0.137. The van der Waals surface area contributed by atoms with Crippen LogP contribution in [0.5, 0.6) is 0 Å². The van der Waals surface area contributed by atoms with E-state index < -0.39 is 12.0 Å². The lowest BCUT2D eigenvalue weighted by Gasteiger charge is -2.20. The predicted molar refractivity (Wildman–Crippen MR) is 96.2 cm³/mol. The molecule has 1 unspecified atom stereocenters. The normalized spacial score (nSPS) is 13.1. The Bertz CT molecular complexity index is 686. The second-order valence-electron chi connectivity index (χ2n) is 5.56. The highest BCUT2D eigenvalue weighted by atomic mass is 32.2. The summed E-state index contributed by atoms with van der Waals surface area (Å²) in [7, 11) is 0. The van der Waals surface area contributed by atoms with Crippen molar-refractivity contribution in [2.24, 2.45) is 0 Å². The number of thioether (sulfide) groups is 1. The van der Waals surface area contributed by atoms with Gasteiger partial charge in [-0.15, -0.1) is 11.8 Å². The maximum atomic E-state index is 12.5. The van der Waals surface area contributed by atoms with Crippen molar-refractivity contribution in [3.8, 4) is 0 Å². The Kier molecular flexibility index (Phi) is 6.44. The molecule has 0 radical (unpaired) electrons. The third kappa shape index (κ3) is 4.86. The van der Waals surface area contributed by atoms with Crippen molar-refractivity contribution in [1.82, 2.24) is 5.32 Å². The van der Waals surface area contributed by atoms with Crippen LogP contribution in [-0.4, -0.2) is 23.2 Å². The first-order valence-corrected chi connectivity index (χ1v) is 8.94. The molecule has 0 saturated heterocycles. The minimum absolute atomic E-state index is 0.147. The molecular weight excluding hydrogens is 322 g/mol. The predicted octanol–water partition coefficient (Wildman–Crippen LogP) is 3.84. The molecule has 2 rings (SSSR count). The van der Waals surface area contributed by atoms with Gasteiger partial charge in [0.25, 0.3) is 0 Å². The van der Waals surface area contributed by atoms with E-state index in [1.807, 2.05) is 67.8 Å². The van der Waals surface area contributed by atoms with Crippen LogP contribution in [0.25, 0.3) is 0 Å². The van der Waals surface area contributed by atoms with Crippen molar-refractivity contribution in [3.05, 3.63) is 65.7 Å². The lowest BCUT2D eigenvalue weighted by Crippen LogP contribution is -2.33. The van der Waals surface area contributed by atoms with Crippen molar-refractivity contribution in [1.29, 1.82) is 0 Å². The van der Waals surface area contributed by atoms with E-state index >= 15 is 0 Å². The van der Waals surface area contributed by atoms with Crippen LogP contribution in [0.4, 0.5) is 0 Å². The zero-order chi connectivity index (χ0) is 17.5. The number of rotatable bonds is 7. The van der Waals surface area contributed by atoms with Crippen molar-refractivity contribution in [2.75, 3.05) is 6.26 Å². The molecule has 0 aliphatic carbocycles. The van der Waals surface area contributed by atoms with Gasteiger partial charge in [0, 0.05) is 4.90 Å². The first-order valence-electron chi connectivity index (χ1n) is 7.72. The highest BCUT2D eigenvalue weighted by Crippen LogP contribution is 2.23. The van der Waals surface area contributed by atoms with Crippen LogP contribution in [0.2, 0.25) is 0 Å². The Balaban J connectivity index is 2.15. The average Bonchev–Trinajstić information content (AvgIpc) is 2.61. The Morgan fingerprint density at radius 3 is 2.21 bits per heavy atom. The average molecular weight is 343 g/mol. The molecule has 1 amide bonds. The number of hydrogen-bond donors (Lipinski definition) is 2. The van der Waals surface area contributed by atoms with Crippen LogP contribution in [-0.2, 0) is 9.59 Å². The summed E-state index contributed by atoms with van der Waals surface area (Å²) in [5.74, 6) is -1.46. The summed E-state index contributed by atoms with van der Waals surface area (Å²) in [6, 6.07) is 16.5. The molecule has 0 spiro atoms. The third-order valence-electron chi connectivity index (χ3n) is 3.91. The number of benzene rings is 2. The van der Waals surface area contributed by atoms with Gasteiger partial charge in [-0.1, -0.05) is 42.5 Å². The Hall–Kier alpha value is -2.27. The Morgan fingerprint density at radius 1 is 1.04 bits per heavy atom. The monoisotopic (exact) mass is 343 g/mol. The zero-order valence-corrected chi connectivity index (χ0v) is 14.5. The molecule has 2 aromatic carbocycles. The minimum Gasteiger partial charge on any atom is -0.481 e. The van der Waals surface area contributed by atoms with E-state index in [2.05, 4.69) is 5.32 Å². The number of amides is 1. The van der Waals surface area contributed by atoms with Crippen LogP contribution >= 0.6 is 11.8 Å². The standard InChI is InChI=1S/C19H21NO3S/c1-13(14-6-4-3-5-7-14)19(23)20-17(12-18(21)22)15-8-10-16(24-2)11-9-15/h3-11,13,17H,12H2,1-2H3,(H,20,23)(H,21,22)/t13-,17?/m0/s1. The largest absolute Gasteiger partial charge is 0.481 e. The first-order chi connectivity index (χ1) is 11.5. The van der Waals surface area contributed by atoms with E-state index in [1.165, 1.54) is 0 Å². The van der Waals surface area contributed by atoms with Gasteiger partial charge in [0.05, 0.1) is 18.4 Å². The molecule has 0 bridgehead atoms. The van der Waals surface area contributed by atoms with Crippen LogP contribution in [0.1, 0.15) is 36.4 Å². The van der Waals surface area contributed by atoms with Gasteiger partial charge in [0.1, 0.15) is 0 Å². The van der Waals surface area contributed by atoms with Gasteiger partial charge in [-0.05, 0) is 36.4 Å². The lowest BCUT2D eigenvalue weighted by atomic mass is 9.98. The van der Waals surface area contributed by atoms with Gasteiger partial charge >= 0.3 is 5.97 Å². The topological polar surface area (TPSA) is 66.4 Å². The molecule has 0 heterocycles. The second kappa shape index (κ2) is 8.55. The number of carboxylic acids is 1.